The SMILES string of the molecule is Clc1ccc(SCCCNC(Cn2ccnc2)c2ccc(Cl)cc2Cl)cc1. The molecule has 3 aromatic rings. The second-order valence-corrected chi connectivity index (χ2v) is 8.54. The van der Waals surface area contributed by atoms with Crippen LogP contribution in [0.4, 0.5) is 0 Å². The summed E-state index contributed by atoms with van der Waals surface area (Å²) in [4.78, 5) is 5.35. The van der Waals surface area contributed by atoms with Gasteiger partial charge in [0, 0.05) is 38.9 Å². The Bertz CT molecular complexity index is 838. The minimum atomic E-state index is 0.0875. The highest BCUT2D eigenvalue weighted by Crippen LogP contribution is 2.27. The molecular formula is C20H20Cl3N3S. The molecule has 1 unspecified atom stereocenters. The van der Waals surface area contributed by atoms with Crippen LogP contribution in [-0.2, 0) is 6.54 Å². The lowest BCUT2D eigenvalue weighted by Gasteiger charge is -2.21. The molecule has 27 heavy (non-hydrogen) atoms. The smallest absolute Gasteiger partial charge is 0.0946 e. The maximum Gasteiger partial charge on any atom is 0.0946 e. The highest BCUT2D eigenvalue weighted by Gasteiger charge is 2.15. The van der Waals surface area contributed by atoms with Crippen molar-refractivity contribution in [2.45, 2.75) is 23.9 Å². The van der Waals surface area contributed by atoms with Gasteiger partial charge in [0.15, 0.2) is 0 Å². The van der Waals surface area contributed by atoms with Crippen LogP contribution in [0.2, 0.25) is 15.1 Å². The minimum Gasteiger partial charge on any atom is -0.336 e. The van der Waals surface area contributed by atoms with E-state index in [1.54, 1.807) is 12.3 Å². The summed E-state index contributed by atoms with van der Waals surface area (Å²) >= 11 is 20.2. The van der Waals surface area contributed by atoms with Crippen molar-refractivity contribution < 1.29 is 0 Å². The van der Waals surface area contributed by atoms with Crippen molar-refractivity contribution in [2.75, 3.05) is 12.3 Å². The van der Waals surface area contributed by atoms with E-state index in [2.05, 4.69) is 22.4 Å². The van der Waals surface area contributed by atoms with Crippen LogP contribution in [0.3, 0.4) is 0 Å². The molecule has 0 spiro atoms. The second kappa shape index (κ2) is 10.4. The molecule has 0 aliphatic carbocycles. The van der Waals surface area contributed by atoms with Gasteiger partial charge in [-0.1, -0.05) is 40.9 Å². The van der Waals surface area contributed by atoms with Crippen LogP contribution >= 0.6 is 46.6 Å². The summed E-state index contributed by atoms with van der Waals surface area (Å²) < 4.78 is 2.05. The van der Waals surface area contributed by atoms with E-state index in [1.165, 1.54) is 4.90 Å². The van der Waals surface area contributed by atoms with E-state index < -0.39 is 0 Å². The molecule has 1 N–H and O–H groups in total. The lowest BCUT2D eigenvalue weighted by molar-refractivity contribution is 0.464. The van der Waals surface area contributed by atoms with Crippen molar-refractivity contribution in [1.29, 1.82) is 0 Å². The number of hydrogen-bond donors (Lipinski definition) is 1. The summed E-state index contributed by atoms with van der Waals surface area (Å²) in [6, 6.07) is 13.7. The molecule has 0 saturated carbocycles. The number of nitrogens with zero attached hydrogens (tertiary/aromatic N) is 2. The maximum atomic E-state index is 6.43. The lowest BCUT2D eigenvalue weighted by Crippen LogP contribution is -2.27. The molecule has 1 aromatic heterocycles. The zero-order valence-corrected chi connectivity index (χ0v) is 17.7. The third-order valence-electron chi connectivity index (χ3n) is 4.08. The molecule has 3 nitrogen and oxygen atoms in total. The Labute approximate surface area is 179 Å². The van der Waals surface area contributed by atoms with Gasteiger partial charge in [0.25, 0.3) is 0 Å². The molecule has 0 bridgehead atoms. The van der Waals surface area contributed by atoms with Crippen molar-refractivity contribution in [2.24, 2.45) is 0 Å². The predicted molar refractivity (Wildman–Crippen MR) is 116 cm³/mol. The first-order valence-electron chi connectivity index (χ1n) is 8.64. The maximum absolute atomic E-state index is 6.43. The van der Waals surface area contributed by atoms with E-state index in [4.69, 9.17) is 34.8 Å². The number of nitrogens with one attached hydrogen (secondary N) is 1. The fraction of sp³-hybridized carbons (Fsp3) is 0.250. The number of benzene rings is 2. The van der Waals surface area contributed by atoms with Gasteiger partial charge in [-0.3, -0.25) is 0 Å². The summed E-state index contributed by atoms with van der Waals surface area (Å²) in [5.74, 6) is 1.03. The van der Waals surface area contributed by atoms with Gasteiger partial charge in [0.05, 0.1) is 12.4 Å². The van der Waals surface area contributed by atoms with E-state index in [9.17, 15) is 0 Å². The molecule has 142 valence electrons. The third kappa shape index (κ3) is 6.44. The molecule has 1 heterocycles. The Morgan fingerprint density at radius 3 is 2.52 bits per heavy atom. The molecule has 0 aliphatic heterocycles. The Morgan fingerprint density at radius 1 is 1.04 bits per heavy atom. The summed E-state index contributed by atoms with van der Waals surface area (Å²) in [5.41, 5.74) is 1.04. The van der Waals surface area contributed by atoms with E-state index in [1.807, 2.05) is 53.1 Å². The monoisotopic (exact) mass is 439 g/mol. The Balaban J connectivity index is 1.55. The molecule has 0 aliphatic rings. The third-order valence-corrected chi connectivity index (χ3v) is 6.00. The van der Waals surface area contributed by atoms with Crippen LogP contribution < -0.4 is 5.32 Å². The number of rotatable bonds is 9. The minimum absolute atomic E-state index is 0.0875. The van der Waals surface area contributed by atoms with Crippen LogP contribution in [-0.4, -0.2) is 21.8 Å². The van der Waals surface area contributed by atoms with Crippen molar-refractivity contribution in [3.05, 3.63) is 81.8 Å². The molecule has 1 atom stereocenters. The van der Waals surface area contributed by atoms with Crippen molar-refractivity contribution in [3.63, 3.8) is 0 Å². The molecular weight excluding hydrogens is 421 g/mol. The summed E-state index contributed by atoms with van der Waals surface area (Å²) in [5, 5.41) is 5.71. The topological polar surface area (TPSA) is 29.9 Å². The van der Waals surface area contributed by atoms with Crippen LogP contribution in [0.5, 0.6) is 0 Å². The largest absolute Gasteiger partial charge is 0.336 e. The normalized spacial score (nSPS) is 12.3. The molecule has 0 fully saturated rings. The fourth-order valence-corrected chi connectivity index (χ4v) is 4.25. The summed E-state index contributed by atoms with van der Waals surface area (Å²) in [7, 11) is 0. The average molecular weight is 441 g/mol. The highest BCUT2D eigenvalue weighted by molar-refractivity contribution is 7.99. The van der Waals surface area contributed by atoms with Gasteiger partial charge in [-0.25, -0.2) is 4.98 Å². The summed E-state index contributed by atoms with van der Waals surface area (Å²) in [6.07, 6.45) is 6.59. The quantitative estimate of drug-likeness (QED) is 0.310. The molecule has 3 rings (SSSR count). The summed E-state index contributed by atoms with van der Waals surface area (Å²) in [6.45, 7) is 1.64. The van der Waals surface area contributed by atoms with Crippen molar-refractivity contribution in [3.8, 4) is 0 Å². The van der Waals surface area contributed by atoms with Crippen LogP contribution in [0, 0.1) is 0 Å². The number of halogens is 3. The first-order valence-corrected chi connectivity index (χ1v) is 10.8. The van der Waals surface area contributed by atoms with Gasteiger partial charge in [-0.05, 0) is 60.7 Å². The van der Waals surface area contributed by atoms with Gasteiger partial charge in [-0.2, -0.15) is 0 Å². The average Bonchev–Trinajstić information content (AvgIpc) is 3.15. The predicted octanol–water partition coefficient (Wildman–Crippen LogP) is 6.36. The first-order chi connectivity index (χ1) is 13.1. The molecule has 0 saturated heterocycles. The highest BCUT2D eigenvalue weighted by atomic mass is 35.5. The van der Waals surface area contributed by atoms with Crippen molar-refractivity contribution >= 4 is 46.6 Å². The van der Waals surface area contributed by atoms with E-state index >= 15 is 0 Å². The molecule has 2 aromatic carbocycles. The Kier molecular flexibility index (Phi) is 7.92. The van der Waals surface area contributed by atoms with Gasteiger partial charge < -0.3 is 9.88 Å². The Morgan fingerprint density at radius 2 is 1.81 bits per heavy atom. The van der Waals surface area contributed by atoms with Crippen LogP contribution in [0.25, 0.3) is 0 Å². The van der Waals surface area contributed by atoms with Gasteiger partial charge in [0.2, 0.25) is 0 Å². The number of aromatic nitrogens is 2. The van der Waals surface area contributed by atoms with Gasteiger partial charge in [-0.15, -0.1) is 11.8 Å². The zero-order valence-electron chi connectivity index (χ0n) is 14.6. The number of thioether (sulfide) groups is 1. The second-order valence-electron chi connectivity index (χ2n) is 6.09. The van der Waals surface area contributed by atoms with E-state index in [-0.39, 0.29) is 6.04 Å². The zero-order chi connectivity index (χ0) is 19.1. The molecule has 0 radical (unpaired) electrons. The van der Waals surface area contributed by atoms with Gasteiger partial charge >= 0.3 is 0 Å². The number of hydrogen-bond acceptors (Lipinski definition) is 3. The molecule has 7 heteroatoms. The lowest BCUT2D eigenvalue weighted by atomic mass is 10.1. The Hall–Kier alpha value is -1.17. The number of imidazole rings is 1. The first kappa shape index (κ1) is 20.6. The van der Waals surface area contributed by atoms with E-state index in [0.717, 1.165) is 35.8 Å². The van der Waals surface area contributed by atoms with Crippen LogP contribution in [0.1, 0.15) is 18.0 Å². The van der Waals surface area contributed by atoms with Crippen molar-refractivity contribution in [1.82, 2.24) is 14.9 Å². The fourth-order valence-electron chi connectivity index (χ4n) is 2.73. The van der Waals surface area contributed by atoms with E-state index in [0.29, 0.717) is 10.0 Å². The van der Waals surface area contributed by atoms with Crippen LogP contribution in [0.15, 0.2) is 66.1 Å². The van der Waals surface area contributed by atoms with Gasteiger partial charge in [0.1, 0.15) is 0 Å². The standard InChI is InChI=1S/C20H20Cl3N3S/c21-15-2-5-17(6-3-15)27-11-1-8-25-20(13-26-10-9-24-14-26)18-7-4-16(22)12-19(18)23/h2-7,9-10,12,14,20,25H,1,8,11,13H2. The molecule has 0 amide bonds.